The van der Waals surface area contributed by atoms with Crippen molar-refractivity contribution in [2.24, 2.45) is 5.10 Å². The van der Waals surface area contributed by atoms with Gasteiger partial charge in [-0.05, 0) is 48.5 Å². The number of aromatic nitrogens is 2. The molecule has 2 aromatic heterocycles. The zero-order valence-electron chi connectivity index (χ0n) is 16.8. The maximum Gasteiger partial charge on any atom is 0.282 e. The summed E-state index contributed by atoms with van der Waals surface area (Å²) in [6.07, 6.45) is 1.37. The van der Waals surface area contributed by atoms with E-state index in [-0.39, 0.29) is 17.1 Å². The van der Waals surface area contributed by atoms with Gasteiger partial charge in [-0.2, -0.15) is 9.78 Å². The number of benzene rings is 3. The summed E-state index contributed by atoms with van der Waals surface area (Å²) < 4.78 is 12.2. The Hall–Kier alpha value is -4.10. The van der Waals surface area contributed by atoms with Crippen LogP contribution in [0.15, 0.2) is 81.0 Å². The SMILES string of the molecule is COc1cccc(C=Nn2c(-c3cc4cc(Cl)ccc4o3)nc3ccccc3c2=O)c1O. The van der Waals surface area contributed by atoms with Crippen LogP contribution in [0.5, 0.6) is 11.5 Å². The molecule has 7 nitrogen and oxygen atoms in total. The average molecular weight is 446 g/mol. The molecule has 5 aromatic rings. The predicted molar refractivity (Wildman–Crippen MR) is 124 cm³/mol. The highest BCUT2D eigenvalue weighted by atomic mass is 35.5. The molecule has 1 N–H and O–H groups in total. The van der Waals surface area contributed by atoms with Crippen molar-refractivity contribution in [3.8, 4) is 23.1 Å². The first-order chi connectivity index (χ1) is 15.5. The van der Waals surface area contributed by atoms with E-state index in [1.807, 2.05) is 0 Å². The number of methoxy groups -OCH3 is 1. The van der Waals surface area contributed by atoms with Crippen LogP contribution >= 0.6 is 11.6 Å². The summed E-state index contributed by atoms with van der Waals surface area (Å²) in [5.41, 5.74) is 1.13. The zero-order valence-corrected chi connectivity index (χ0v) is 17.6. The molecule has 0 radical (unpaired) electrons. The van der Waals surface area contributed by atoms with Crippen LogP contribution in [0.2, 0.25) is 5.02 Å². The number of rotatable bonds is 4. The molecule has 0 aliphatic heterocycles. The Labute approximate surface area is 186 Å². The van der Waals surface area contributed by atoms with Gasteiger partial charge in [0, 0.05) is 16.0 Å². The van der Waals surface area contributed by atoms with Crippen molar-refractivity contribution in [1.29, 1.82) is 0 Å². The third kappa shape index (κ3) is 3.38. The second kappa shape index (κ2) is 7.86. The number of ether oxygens (including phenoxy) is 1. The van der Waals surface area contributed by atoms with E-state index in [0.29, 0.717) is 38.6 Å². The minimum absolute atomic E-state index is 0.0829. The van der Waals surface area contributed by atoms with Gasteiger partial charge in [0.15, 0.2) is 17.3 Å². The van der Waals surface area contributed by atoms with Crippen molar-refractivity contribution in [1.82, 2.24) is 9.66 Å². The normalized spacial score (nSPS) is 11.6. The third-order valence-electron chi connectivity index (χ3n) is 5.01. The molecule has 8 heteroatoms. The van der Waals surface area contributed by atoms with Gasteiger partial charge < -0.3 is 14.3 Å². The van der Waals surface area contributed by atoms with E-state index in [1.54, 1.807) is 66.7 Å². The fraction of sp³-hybridized carbons (Fsp3) is 0.0417. The molecule has 3 aromatic carbocycles. The highest BCUT2D eigenvalue weighted by Crippen LogP contribution is 2.30. The van der Waals surface area contributed by atoms with Gasteiger partial charge in [0.05, 0.1) is 24.2 Å². The Bertz CT molecular complexity index is 1570. The van der Waals surface area contributed by atoms with Crippen molar-refractivity contribution in [2.75, 3.05) is 7.11 Å². The lowest BCUT2D eigenvalue weighted by atomic mass is 10.2. The maximum atomic E-state index is 13.3. The molecule has 0 spiro atoms. The molecule has 0 unspecified atom stereocenters. The van der Waals surface area contributed by atoms with Crippen LogP contribution in [0.4, 0.5) is 0 Å². The van der Waals surface area contributed by atoms with Crippen molar-refractivity contribution >= 4 is 39.7 Å². The Morgan fingerprint density at radius 1 is 1.12 bits per heavy atom. The topological polar surface area (TPSA) is 89.9 Å². The number of halogens is 1. The highest BCUT2D eigenvalue weighted by molar-refractivity contribution is 6.31. The number of phenols is 1. The molecule has 2 heterocycles. The number of para-hydroxylation sites is 2. The molecule has 0 bridgehead atoms. The van der Waals surface area contributed by atoms with Crippen LogP contribution in [-0.4, -0.2) is 28.1 Å². The van der Waals surface area contributed by atoms with Gasteiger partial charge in [0.25, 0.3) is 5.56 Å². The van der Waals surface area contributed by atoms with Crippen molar-refractivity contribution < 1.29 is 14.3 Å². The molecule has 0 aliphatic rings. The molecular weight excluding hydrogens is 430 g/mol. The molecule has 0 aliphatic carbocycles. The summed E-state index contributed by atoms with van der Waals surface area (Å²) >= 11 is 6.10. The first-order valence-corrected chi connectivity index (χ1v) is 10.0. The fourth-order valence-corrected chi connectivity index (χ4v) is 3.62. The van der Waals surface area contributed by atoms with E-state index in [1.165, 1.54) is 13.3 Å². The predicted octanol–water partition coefficient (Wildman–Crippen LogP) is 5.06. The van der Waals surface area contributed by atoms with E-state index in [4.69, 9.17) is 20.8 Å². The van der Waals surface area contributed by atoms with Crippen LogP contribution in [0, 0.1) is 0 Å². The van der Waals surface area contributed by atoms with E-state index >= 15 is 0 Å². The zero-order chi connectivity index (χ0) is 22.2. The highest BCUT2D eigenvalue weighted by Gasteiger charge is 2.17. The van der Waals surface area contributed by atoms with Crippen LogP contribution in [0.3, 0.4) is 0 Å². The average Bonchev–Trinajstić information content (AvgIpc) is 3.22. The number of nitrogens with zero attached hydrogens (tertiary/aromatic N) is 3. The number of fused-ring (bicyclic) bond motifs is 2. The monoisotopic (exact) mass is 445 g/mol. The lowest BCUT2D eigenvalue weighted by Gasteiger charge is -2.08. The number of aromatic hydroxyl groups is 1. The summed E-state index contributed by atoms with van der Waals surface area (Å²) in [6.45, 7) is 0. The van der Waals surface area contributed by atoms with E-state index < -0.39 is 0 Å². The minimum atomic E-state index is -0.372. The van der Waals surface area contributed by atoms with Gasteiger partial charge in [-0.3, -0.25) is 4.79 Å². The molecule has 0 saturated carbocycles. The first-order valence-electron chi connectivity index (χ1n) is 9.67. The van der Waals surface area contributed by atoms with Crippen molar-refractivity contribution in [2.45, 2.75) is 0 Å². The smallest absolute Gasteiger partial charge is 0.282 e. The lowest BCUT2D eigenvalue weighted by Crippen LogP contribution is -2.20. The number of hydrogen-bond acceptors (Lipinski definition) is 6. The van der Waals surface area contributed by atoms with Crippen LogP contribution in [-0.2, 0) is 0 Å². The molecule has 0 saturated heterocycles. The maximum absolute atomic E-state index is 13.3. The van der Waals surface area contributed by atoms with Crippen LogP contribution in [0.1, 0.15) is 5.56 Å². The van der Waals surface area contributed by atoms with Gasteiger partial charge in [-0.15, -0.1) is 0 Å². The molecule has 32 heavy (non-hydrogen) atoms. The van der Waals surface area contributed by atoms with Gasteiger partial charge in [-0.1, -0.05) is 29.8 Å². The van der Waals surface area contributed by atoms with E-state index in [0.717, 1.165) is 10.1 Å². The molecule has 158 valence electrons. The number of phenolic OH excluding ortho intramolecular Hbond substituents is 1. The molecule has 5 rings (SSSR count). The Kier molecular flexibility index (Phi) is 4.88. The quantitative estimate of drug-likeness (QED) is 0.390. The summed E-state index contributed by atoms with van der Waals surface area (Å²) in [4.78, 5) is 17.9. The van der Waals surface area contributed by atoms with Gasteiger partial charge in [-0.25, -0.2) is 4.98 Å². The standard InChI is InChI=1S/C24H16ClN3O4/c1-31-20-8-4-5-14(22(20)29)13-26-28-23(27-18-7-3-2-6-17(18)24(28)30)21-12-15-11-16(25)9-10-19(15)32-21/h2-13,29H,1H3. The molecular formula is C24H16ClN3O4. The fourth-order valence-electron chi connectivity index (χ4n) is 3.44. The van der Waals surface area contributed by atoms with Gasteiger partial charge >= 0.3 is 0 Å². The van der Waals surface area contributed by atoms with Gasteiger partial charge in [0.2, 0.25) is 5.82 Å². The molecule has 0 fully saturated rings. The second-order valence-corrected chi connectivity index (χ2v) is 7.44. The second-order valence-electron chi connectivity index (χ2n) is 7.00. The van der Waals surface area contributed by atoms with Crippen molar-refractivity contribution in [3.05, 3.63) is 87.7 Å². The third-order valence-corrected chi connectivity index (χ3v) is 5.25. The van der Waals surface area contributed by atoms with Crippen LogP contribution < -0.4 is 10.3 Å². The van der Waals surface area contributed by atoms with E-state index in [9.17, 15) is 9.90 Å². The molecule has 0 amide bonds. The minimum Gasteiger partial charge on any atom is -0.504 e. The van der Waals surface area contributed by atoms with Crippen LogP contribution in [0.25, 0.3) is 33.5 Å². The Balaban J connectivity index is 1.73. The molecule has 0 atom stereocenters. The van der Waals surface area contributed by atoms with Crippen molar-refractivity contribution in [3.63, 3.8) is 0 Å². The largest absolute Gasteiger partial charge is 0.504 e. The number of furan rings is 1. The summed E-state index contributed by atoms with van der Waals surface area (Å²) in [5.74, 6) is 0.796. The Morgan fingerprint density at radius 2 is 1.97 bits per heavy atom. The lowest BCUT2D eigenvalue weighted by molar-refractivity contribution is 0.373. The summed E-state index contributed by atoms with van der Waals surface area (Å²) in [5, 5.41) is 16.5. The van der Waals surface area contributed by atoms with E-state index in [2.05, 4.69) is 10.1 Å². The number of hydrogen-bond donors (Lipinski definition) is 1. The van der Waals surface area contributed by atoms with Gasteiger partial charge in [0.1, 0.15) is 5.58 Å². The first kappa shape index (κ1) is 19.8. The summed E-state index contributed by atoms with van der Waals surface area (Å²) in [6, 6.07) is 19.0. The summed E-state index contributed by atoms with van der Waals surface area (Å²) in [7, 11) is 1.46. The Morgan fingerprint density at radius 3 is 2.81 bits per heavy atom.